The molecule has 0 aromatic heterocycles. The summed E-state index contributed by atoms with van der Waals surface area (Å²) in [5.41, 5.74) is 1.35. The molecule has 0 atom stereocenters. The van der Waals surface area contributed by atoms with E-state index in [1.807, 2.05) is 12.1 Å². The molecule has 0 aliphatic carbocycles. The molecule has 2 nitrogen and oxygen atoms in total. The van der Waals surface area contributed by atoms with Crippen molar-refractivity contribution in [2.24, 2.45) is 0 Å². The number of piperidine rings is 1. The van der Waals surface area contributed by atoms with Crippen LogP contribution in [0, 0.1) is 0 Å². The normalized spacial score (nSPS) is 18.5. The van der Waals surface area contributed by atoms with Crippen LogP contribution in [0.2, 0.25) is 5.02 Å². The number of hydrogen-bond donors (Lipinski definition) is 1. The zero-order valence-corrected chi connectivity index (χ0v) is 12.7. The van der Waals surface area contributed by atoms with Crippen LogP contribution in [0.3, 0.4) is 0 Å². The standard InChI is InChI=1S/C13H18ClIN2/c14-12-3-1-11(2-4-12)5-8-16-13-6-9-17(15)10-7-13/h1-4,13,16H,5-10H2. The fraction of sp³-hybridized carbons (Fsp3) is 0.538. The first kappa shape index (κ1) is 13.6. The Morgan fingerprint density at radius 1 is 1.24 bits per heavy atom. The van der Waals surface area contributed by atoms with E-state index >= 15 is 0 Å². The van der Waals surface area contributed by atoms with E-state index in [2.05, 4.69) is 43.4 Å². The zero-order chi connectivity index (χ0) is 12.1. The third-order valence-corrected chi connectivity index (χ3v) is 4.42. The molecule has 0 unspecified atom stereocenters. The van der Waals surface area contributed by atoms with Crippen molar-refractivity contribution in [3.63, 3.8) is 0 Å². The van der Waals surface area contributed by atoms with Gasteiger partial charge in [0.25, 0.3) is 0 Å². The Kier molecular flexibility index (Phi) is 5.53. The molecule has 0 saturated carbocycles. The lowest BCUT2D eigenvalue weighted by molar-refractivity contribution is 0.326. The predicted molar refractivity (Wildman–Crippen MR) is 81.8 cm³/mol. The van der Waals surface area contributed by atoms with Crippen LogP contribution in [0.5, 0.6) is 0 Å². The minimum absolute atomic E-state index is 0.702. The van der Waals surface area contributed by atoms with E-state index in [1.54, 1.807) is 0 Å². The van der Waals surface area contributed by atoms with Gasteiger partial charge < -0.3 is 5.32 Å². The van der Waals surface area contributed by atoms with Crippen LogP contribution in [-0.4, -0.2) is 28.8 Å². The highest BCUT2D eigenvalue weighted by Crippen LogP contribution is 2.14. The van der Waals surface area contributed by atoms with Crippen LogP contribution in [-0.2, 0) is 6.42 Å². The van der Waals surface area contributed by atoms with E-state index in [4.69, 9.17) is 11.6 Å². The van der Waals surface area contributed by atoms with Gasteiger partial charge in [0.1, 0.15) is 0 Å². The SMILES string of the molecule is Clc1ccc(CCNC2CCN(I)CC2)cc1. The number of hydrogen-bond acceptors (Lipinski definition) is 2. The smallest absolute Gasteiger partial charge is 0.0406 e. The first-order valence-corrected chi connectivity index (χ1v) is 7.47. The van der Waals surface area contributed by atoms with Crippen LogP contribution in [0.4, 0.5) is 0 Å². The Hall–Kier alpha value is 0.160. The third-order valence-electron chi connectivity index (χ3n) is 3.20. The topological polar surface area (TPSA) is 15.3 Å². The summed E-state index contributed by atoms with van der Waals surface area (Å²) in [4.78, 5) is 0. The van der Waals surface area contributed by atoms with Crippen molar-refractivity contribution in [2.75, 3.05) is 19.6 Å². The minimum atomic E-state index is 0.702. The van der Waals surface area contributed by atoms with Crippen molar-refractivity contribution < 1.29 is 0 Å². The number of nitrogens with one attached hydrogen (secondary N) is 1. The quantitative estimate of drug-likeness (QED) is 0.651. The van der Waals surface area contributed by atoms with Crippen LogP contribution in [0.25, 0.3) is 0 Å². The molecule has 1 aliphatic heterocycles. The maximum absolute atomic E-state index is 5.86. The second-order valence-corrected chi connectivity index (χ2v) is 6.32. The molecule has 17 heavy (non-hydrogen) atoms. The molecule has 94 valence electrons. The number of halogens is 2. The van der Waals surface area contributed by atoms with Gasteiger partial charge in [0, 0.05) is 47.0 Å². The van der Waals surface area contributed by atoms with E-state index in [0.717, 1.165) is 18.0 Å². The predicted octanol–water partition coefficient (Wildman–Crippen LogP) is 3.29. The van der Waals surface area contributed by atoms with Crippen molar-refractivity contribution in [2.45, 2.75) is 25.3 Å². The molecule has 0 amide bonds. The lowest BCUT2D eigenvalue weighted by Crippen LogP contribution is -2.39. The van der Waals surface area contributed by atoms with Crippen molar-refractivity contribution in [1.29, 1.82) is 0 Å². The Morgan fingerprint density at radius 3 is 2.53 bits per heavy atom. The maximum atomic E-state index is 5.86. The molecular weight excluding hydrogens is 347 g/mol. The highest BCUT2D eigenvalue weighted by Gasteiger charge is 2.16. The summed E-state index contributed by atoms with van der Waals surface area (Å²) >= 11 is 8.27. The first-order chi connectivity index (χ1) is 8.24. The molecule has 1 heterocycles. The second-order valence-electron chi connectivity index (χ2n) is 4.51. The number of benzene rings is 1. The molecule has 1 aromatic carbocycles. The van der Waals surface area contributed by atoms with Crippen molar-refractivity contribution in [3.8, 4) is 0 Å². The minimum Gasteiger partial charge on any atom is -0.314 e. The molecule has 0 radical (unpaired) electrons. The molecule has 1 aliphatic rings. The van der Waals surface area contributed by atoms with Gasteiger partial charge in [-0.1, -0.05) is 23.7 Å². The molecule has 0 bridgehead atoms. The lowest BCUT2D eigenvalue weighted by Gasteiger charge is -2.28. The van der Waals surface area contributed by atoms with Gasteiger partial charge in [-0.25, -0.2) is 3.11 Å². The van der Waals surface area contributed by atoms with Gasteiger partial charge in [-0.15, -0.1) is 0 Å². The molecule has 1 aromatic rings. The summed E-state index contributed by atoms with van der Waals surface area (Å²) in [6.45, 7) is 3.48. The summed E-state index contributed by atoms with van der Waals surface area (Å²) in [5, 5.41) is 4.46. The Labute approximate surface area is 122 Å². The van der Waals surface area contributed by atoms with Crippen molar-refractivity contribution >= 4 is 34.5 Å². The summed E-state index contributed by atoms with van der Waals surface area (Å²) < 4.78 is 2.37. The Morgan fingerprint density at radius 2 is 1.88 bits per heavy atom. The first-order valence-electron chi connectivity index (χ1n) is 6.12. The summed E-state index contributed by atoms with van der Waals surface area (Å²) in [6, 6.07) is 8.85. The van der Waals surface area contributed by atoms with E-state index in [0.29, 0.717) is 6.04 Å². The van der Waals surface area contributed by atoms with E-state index in [-0.39, 0.29) is 0 Å². The van der Waals surface area contributed by atoms with Crippen LogP contribution in [0.1, 0.15) is 18.4 Å². The van der Waals surface area contributed by atoms with E-state index in [1.165, 1.54) is 31.5 Å². The van der Waals surface area contributed by atoms with Crippen molar-refractivity contribution in [1.82, 2.24) is 8.43 Å². The highest BCUT2D eigenvalue weighted by molar-refractivity contribution is 14.1. The molecule has 4 heteroatoms. The van der Waals surface area contributed by atoms with Gasteiger partial charge in [0.2, 0.25) is 0 Å². The maximum Gasteiger partial charge on any atom is 0.0406 e. The second kappa shape index (κ2) is 6.92. The number of rotatable bonds is 4. The average Bonchev–Trinajstić information content (AvgIpc) is 2.34. The lowest BCUT2D eigenvalue weighted by atomic mass is 10.1. The van der Waals surface area contributed by atoms with Crippen LogP contribution < -0.4 is 5.32 Å². The number of nitrogens with zero attached hydrogens (tertiary/aromatic N) is 1. The molecule has 0 spiro atoms. The Bertz CT molecular complexity index is 334. The zero-order valence-electron chi connectivity index (χ0n) is 9.83. The Balaban J connectivity index is 1.67. The summed E-state index contributed by atoms with van der Waals surface area (Å²) in [7, 11) is 0. The van der Waals surface area contributed by atoms with E-state index < -0.39 is 0 Å². The highest BCUT2D eigenvalue weighted by atomic mass is 127. The van der Waals surface area contributed by atoms with Gasteiger partial charge in [-0.2, -0.15) is 0 Å². The largest absolute Gasteiger partial charge is 0.314 e. The molecule has 1 saturated heterocycles. The van der Waals surface area contributed by atoms with E-state index in [9.17, 15) is 0 Å². The molecule has 2 rings (SSSR count). The van der Waals surface area contributed by atoms with Crippen molar-refractivity contribution in [3.05, 3.63) is 34.9 Å². The third kappa shape index (κ3) is 4.73. The van der Waals surface area contributed by atoms with Crippen LogP contribution >= 0.6 is 34.5 Å². The summed E-state index contributed by atoms with van der Waals surface area (Å²) in [5.74, 6) is 0. The fourth-order valence-corrected chi connectivity index (χ4v) is 2.81. The summed E-state index contributed by atoms with van der Waals surface area (Å²) in [6.07, 6.45) is 3.62. The van der Waals surface area contributed by atoms with Gasteiger partial charge in [0.05, 0.1) is 0 Å². The average molecular weight is 365 g/mol. The van der Waals surface area contributed by atoms with Gasteiger partial charge in [-0.05, 0) is 43.5 Å². The van der Waals surface area contributed by atoms with Crippen LogP contribution in [0.15, 0.2) is 24.3 Å². The fourth-order valence-electron chi connectivity index (χ4n) is 2.12. The van der Waals surface area contributed by atoms with Gasteiger partial charge >= 0.3 is 0 Å². The van der Waals surface area contributed by atoms with Gasteiger partial charge in [-0.3, -0.25) is 0 Å². The monoisotopic (exact) mass is 364 g/mol. The molecular formula is C13H18ClIN2. The van der Waals surface area contributed by atoms with Gasteiger partial charge in [0.15, 0.2) is 0 Å². The molecule has 1 N–H and O–H groups in total. The molecule has 1 fully saturated rings.